The molecule has 2 aliphatic heterocycles. The van der Waals surface area contributed by atoms with Crippen molar-refractivity contribution in [2.75, 3.05) is 33.2 Å². The van der Waals surface area contributed by atoms with Crippen LogP contribution in [0.5, 0.6) is 0 Å². The van der Waals surface area contributed by atoms with Gasteiger partial charge in [0.05, 0.1) is 12.2 Å². The van der Waals surface area contributed by atoms with Crippen molar-refractivity contribution in [3.05, 3.63) is 0 Å². The molecule has 0 spiro atoms. The third kappa shape index (κ3) is 2.66. The highest BCUT2D eigenvalue weighted by atomic mass is 16.5. The number of nitrogens with one attached hydrogen (secondary N) is 1. The standard InChI is InChI=1S/C10H20N2O/c1-12-7-4-10(8-12)13-9-2-5-11-6-3-9/h9-11H,2-8H2,1H3/t10-/m1/s1. The fourth-order valence-corrected chi connectivity index (χ4v) is 2.21. The average Bonchev–Trinajstić information content (AvgIpc) is 2.53. The van der Waals surface area contributed by atoms with E-state index in [-0.39, 0.29) is 0 Å². The fourth-order valence-electron chi connectivity index (χ4n) is 2.21. The predicted octanol–water partition coefficient (Wildman–Crippen LogP) is 0.459. The normalized spacial score (nSPS) is 32.5. The number of ether oxygens (including phenoxy) is 1. The summed E-state index contributed by atoms with van der Waals surface area (Å²) in [4.78, 5) is 2.35. The van der Waals surface area contributed by atoms with Crippen LogP contribution < -0.4 is 5.32 Å². The lowest BCUT2D eigenvalue weighted by atomic mass is 10.1. The molecular formula is C10H20N2O. The maximum Gasteiger partial charge on any atom is 0.0717 e. The molecule has 76 valence electrons. The van der Waals surface area contributed by atoms with Crippen LogP contribution in [0.15, 0.2) is 0 Å². The molecule has 0 aromatic carbocycles. The Hall–Kier alpha value is -0.120. The van der Waals surface area contributed by atoms with Crippen molar-refractivity contribution < 1.29 is 4.74 Å². The number of hydrogen-bond donors (Lipinski definition) is 1. The van der Waals surface area contributed by atoms with E-state index in [4.69, 9.17) is 4.74 Å². The van der Waals surface area contributed by atoms with E-state index in [2.05, 4.69) is 17.3 Å². The second-order valence-corrected chi connectivity index (χ2v) is 4.26. The van der Waals surface area contributed by atoms with E-state index in [9.17, 15) is 0 Å². The van der Waals surface area contributed by atoms with E-state index in [0.717, 1.165) is 19.6 Å². The molecule has 2 saturated heterocycles. The van der Waals surface area contributed by atoms with Gasteiger partial charge in [-0.25, -0.2) is 0 Å². The summed E-state index contributed by atoms with van der Waals surface area (Å²) in [6, 6.07) is 0. The van der Waals surface area contributed by atoms with Crippen molar-refractivity contribution in [3.63, 3.8) is 0 Å². The van der Waals surface area contributed by atoms with Crippen LogP contribution in [-0.2, 0) is 4.74 Å². The van der Waals surface area contributed by atoms with Crippen molar-refractivity contribution in [3.8, 4) is 0 Å². The molecule has 0 aliphatic carbocycles. The molecule has 3 nitrogen and oxygen atoms in total. The first-order chi connectivity index (χ1) is 6.34. The summed E-state index contributed by atoms with van der Waals surface area (Å²) >= 11 is 0. The van der Waals surface area contributed by atoms with Crippen molar-refractivity contribution in [1.29, 1.82) is 0 Å². The number of nitrogens with zero attached hydrogens (tertiary/aromatic N) is 1. The highest BCUT2D eigenvalue weighted by Gasteiger charge is 2.24. The zero-order valence-electron chi connectivity index (χ0n) is 8.46. The van der Waals surface area contributed by atoms with Gasteiger partial charge in [-0.3, -0.25) is 0 Å². The Kier molecular flexibility index (Phi) is 3.19. The van der Waals surface area contributed by atoms with Crippen molar-refractivity contribution in [2.45, 2.75) is 31.5 Å². The Morgan fingerprint density at radius 2 is 1.92 bits per heavy atom. The molecule has 1 N–H and O–H groups in total. The Morgan fingerprint density at radius 1 is 1.15 bits per heavy atom. The van der Waals surface area contributed by atoms with Gasteiger partial charge < -0.3 is 15.0 Å². The second kappa shape index (κ2) is 4.40. The van der Waals surface area contributed by atoms with Crippen LogP contribution in [0.3, 0.4) is 0 Å². The van der Waals surface area contributed by atoms with E-state index in [1.807, 2.05) is 0 Å². The lowest BCUT2D eigenvalue weighted by Crippen LogP contribution is -2.35. The third-order valence-corrected chi connectivity index (χ3v) is 3.02. The molecule has 13 heavy (non-hydrogen) atoms. The minimum absolute atomic E-state index is 0.507. The molecule has 0 amide bonds. The predicted molar refractivity (Wildman–Crippen MR) is 52.9 cm³/mol. The molecule has 0 bridgehead atoms. The first-order valence-corrected chi connectivity index (χ1v) is 5.39. The van der Waals surface area contributed by atoms with Gasteiger partial charge in [0.2, 0.25) is 0 Å². The summed E-state index contributed by atoms with van der Waals surface area (Å²) in [5, 5.41) is 3.36. The van der Waals surface area contributed by atoms with Gasteiger partial charge in [0.15, 0.2) is 0 Å². The van der Waals surface area contributed by atoms with Crippen LogP contribution in [0.25, 0.3) is 0 Å². The largest absolute Gasteiger partial charge is 0.374 e. The Labute approximate surface area is 80.4 Å². The maximum atomic E-state index is 6.04. The highest BCUT2D eigenvalue weighted by molar-refractivity contribution is 4.77. The quantitative estimate of drug-likeness (QED) is 0.675. The number of piperidine rings is 1. The first kappa shape index (κ1) is 9.44. The molecule has 2 rings (SSSR count). The van der Waals surface area contributed by atoms with Gasteiger partial charge in [-0.15, -0.1) is 0 Å². The van der Waals surface area contributed by atoms with Gasteiger partial charge in [0, 0.05) is 13.1 Å². The van der Waals surface area contributed by atoms with Crippen LogP contribution >= 0.6 is 0 Å². The molecule has 0 radical (unpaired) electrons. The molecule has 2 heterocycles. The van der Waals surface area contributed by atoms with Crippen molar-refractivity contribution in [2.24, 2.45) is 0 Å². The zero-order chi connectivity index (χ0) is 9.10. The van der Waals surface area contributed by atoms with Crippen molar-refractivity contribution >= 4 is 0 Å². The Balaban J connectivity index is 1.71. The lowest BCUT2D eigenvalue weighted by Gasteiger charge is -2.26. The van der Waals surface area contributed by atoms with Gasteiger partial charge in [0.25, 0.3) is 0 Å². The highest BCUT2D eigenvalue weighted by Crippen LogP contribution is 2.16. The van der Waals surface area contributed by atoms with E-state index in [1.54, 1.807) is 0 Å². The van der Waals surface area contributed by atoms with Crippen molar-refractivity contribution in [1.82, 2.24) is 10.2 Å². The molecule has 0 saturated carbocycles. The van der Waals surface area contributed by atoms with Gasteiger partial charge in [0.1, 0.15) is 0 Å². The Bertz CT molecular complexity index is 154. The third-order valence-electron chi connectivity index (χ3n) is 3.02. The van der Waals surface area contributed by atoms with Crippen LogP contribution in [0.1, 0.15) is 19.3 Å². The number of hydrogen-bond acceptors (Lipinski definition) is 3. The van der Waals surface area contributed by atoms with E-state index >= 15 is 0 Å². The summed E-state index contributed by atoms with van der Waals surface area (Å²) in [5.41, 5.74) is 0. The van der Waals surface area contributed by atoms with E-state index < -0.39 is 0 Å². The fraction of sp³-hybridized carbons (Fsp3) is 1.00. The molecule has 0 unspecified atom stereocenters. The van der Waals surface area contributed by atoms with Gasteiger partial charge in [-0.2, -0.15) is 0 Å². The molecule has 3 heteroatoms. The number of rotatable bonds is 2. The minimum Gasteiger partial charge on any atom is -0.374 e. The topological polar surface area (TPSA) is 24.5 Å². The molecule has 1 atom stereocenters. The monoisotopic (exact) mass is 184 g/mol. The van der Waals surface area contributed by atoms with Gasteiger partial charge in [-0.05, 0) is 39.4 Å². The summed E-state index contributed by atoms with van der Waals surface area (Å²) in [6.45, 7) is 4.60. The van der Waals surface area contributed by atoms with E-state index in [0.29, 0.717) is 12.2 Å². The maximum absolute atomic E-state index is 6.04. The van der Waals surface area contributed by atoms with Gasteiger partial charge >= 0.3 is 0 Å². The summed E-state index contributed by atoms with van der Waals surface area (Å²) in [5.74, 6) is 0. The molecule has 0 aromatic rings. The molecule has 2 aliphatic rings. The SMILES string of the molecule is CN1CC[C@@H](OC2CCNCC2)C1. The summed E-state index contributed by atoms with van der Waals surface area (Å²) in [7, 11) is 2.17. The smallest absolute Gasteiger partial charge is 0.0717 e. The Morgan fingerprint density at radius 3 is 2.54 bits per heavy atom. The van der Waals surface area contributed by atoms with Crippen LogP contribution in [0, 0.1) is 0 Å². The first-order valence-electron chi connectivity index (χ1n) is 5.39. The number of likely N-dealkylation sites (N-methyl/N-ethyl adjacent to an activating group) is 1. The molecule has 2 fully saturated rings. The van der Waals surface area contributed by atoms with E-state index in [1.165, 1.54) is 25.8 Å². The number of likely N-dealkylation sites (tertiary alicyclic amines) is 1. The van der Waals surface area contributed by atoms with Crippen LogP contribution in [-0.4, -0.2) is 50.3 Å². The molecular weight excluding hydrogens is 164 g/mol. The average molecular weight is 184 g/mol. The van der Waals surface area contributed by atoms with Gasteiger partial charge in [-0.1, -0.05) is 0 Å². The summed E-state index contributed by atoms with van der Waals surface area (Å²) < 4.78 is 6.04. The minimum atomic E-state index is 0.507. The zero-order valence-corrected chi connectivity index (χ0v) is 8.46. The second-order valence-electron chi connectivity index (χ2n) is 4.26. The lowest BCUT2D eigenvalue weighted by molar-refractivity contribution is -0.0197. The van der Waals surface area contributed by atoms with Crippen LogP contribution in [0.2, 0.25) is 0 Å². The summed E-state index contributed by atoms with van der Waals surface area (Å²) in [6.07, 6.45) is 4.65. The van der Waals surface area contributed by atoms with Crippen LogP contribution in [0.4, 0.5) is 0 Å². The molecule has 0 aromatic heterocycles.